The van der Waals surface area contributed by atoms with Crippen molar-refractivity contribution >= 4 is 11.9 Å². The maximum Gasteiger partial charge on any atom is 0.342 e. The number of nitrogens with one attached hydrogen (secondary N) is 1. The van der Waals surface area contributed by atoms with Gasteiger partial charge in [0, 0.05) is 30.7 Å². The molecular weight excluding hydrogens is 386 g/mol. The van der Waals surface area contributed by atoms with E-state index in [0.717, 1.165) is 41.7 Å². The number of fused-ring (bicyclic) bond motifs is 1. The summed E-state index contributed by atoms with van der Waals surface area (Å²) in [4.78, 5) is 24.3. The Balaban J connectivity index is 1.65. The summed E-state index contributed by atoms with van der Waals surface area (Å²) in [7, 11) is 3.17. The maximum absolute atomic E-state index is 12.2. The third-order valence-electron chi connectivity index (χ3n) is 5.78. The van der Waals surface area contributed by atoms with E-state index >= 15 is 0 Å². The van der Waals surface area contributed by atoms with Crippen molar-refractivity contribution in [2.75, 3.05) is 27.4 Å². The van der Waals surface area contributed by atoms with Gasteiger partial charge < -0.3 is 24.3 Å². The Labute approximate surface area is 177 Å². The highest BCUT2D eigenvalue weighted by Crippen LogP contribution is 2.42. The molecule has 0 aliphatic carbocycles. The number of ether oxygens (including phenoxy) is 4. The smallest absolute Gasteiger partial charge is 0.342 e. The van der Waals surface area contributed by atoms with Gasteiger partial charge in [-0.15, -0.1) is 0 Å². The Morgan fingerprint density at radius 2 is 2.00 bits per heavy atom. The molecule has 7 nitrogen and oxygen atoms in total. The van der Waals surface area contributed by atoms with Gasteiger partial charge in [-0.1, -0.05) is 11.6 Å². The zero-order chi connectivity index (χ0) is 21.7. The Hall–Kier alpha value is -2.54. The van der Waals surface area contributed by atoms with Crippen molar-refractivity contribution in [1.82, 2.24) is 5.32 Å². The summed E-state index contributed by atoms with van der Waals surface area (Å²) in [6.45, 7) is 5.54. The lowest BCUT2D eigenvalue weighted by atomic mass is 9.94. The first kappa shape index (κ1) is 22.2. The number of hydrogen-bond acceptors (Lipinski definition) is 6. The minimum absolute atomic E-state index is 0.0320. The van der Waals surface area contributed by atoms with Crippen molar-refractivity contribution in [2.24, 2.45) is 0 Å². The summed E-state index contributed by atoms with van der Waals surface area (Å²) in [6.07, 6.45) is 5.91. The van der Waals surface area contributed by atoms with Gasteiger partial charge in [-0.3, -0.25) is 4.79 Å². The molecule has 0 spiro atoms. The van der Waals surface area contributed by atoms with Gasteiger partial charge in [-0.05, 0) is 45.1 Å². The average Bonchev–Trinajstić information content (AvgIpc) is 3.39. The SMILES string of the molecule is COc1c(C)c2c(c(OC)c1CC=C(C)CCC(=O)NCC1CCCO1)C(=O)OC2. The topological polar surface area (TPSA) is 83.1 Å². The van der Waals surface area contributed by atoms with Crippen LogP contribution in [-0.2, 0) is 27.3 Å². The van der Waals surface area contributed by atoms with Crippen molar-refractivity contribution in [3.63, 3.8) is 0 Å². The molecule has 1 unspecified atom stereocenters. The summed E-state index contributed by atoms with van der Waals surface area (Å²) in [5.74, 6) is 0.887. The lowest BCUT2D eigenvalue weighted by Gasteiger charge is -2.18. The van der Waals surface area contributed by atoms with Crippen molar-refractivity contribution in [1.29, 1.82) is 0 Å². The van der Waals surface area contributed by atoms with Crippen LogP contribution in [0.1, 0.15) is 59.7 Å². The number of methoxy groups -OCH3 is 2. The van der Waals surface area contributed by atoms with Gasteiger partial charge >= 0.3 is 5.97 Å². The van der Waals surface area contributed by atoms with E-state index in [1.54, 1.807) is 14.2 Å². The molecule has 1 aromatic rings. The van der Waals surface area contributed by atoms with Crippen LogP contribution in [0.4, 0.5) is 0 Å². The van der Waals surface area contributed by atoms with E-state index < -0.39 is 0 Å². The third-order valence-corrected chi connectivity index (χ3v) is 5.78. The summed E-state index contributed by atoms with van der Waals surface area (Å²) >= 11 is 0. The van der Waals surface area contributed by atoms with Crippen molar-refractivity contribution in [2.45, 2.75) is 58.7 Å². The molecule has 30 heavy (non-hydrogen) atoms. The first-order chi connectivity index (χ1) is 14.5. The van der Waals surface area contributed by atoms with E-state index in [2.05, 4.69) is 11.4 Å². The first-order valence-corrected chi connectivity index (χ1v) is 10.4. The van der Waals surface area contributed by atoms with Crippen molar-refractivity contribution in [3.05, 3.63) is 33.9 Å². The first-order valence-electron chi connectivity index (χ1n) is 10.4. The highest BCUT2D eigenvalue weighted by atomic mass is 16.5. The van der Waals surface area contributed by atoms with Crippen molar-refractivity contribution < 1.29 is 28.5 Å². The number of carbonyl (C=O) groups is 2. The molecule has 1 amide bonds. The van der Waals surface area contributed by atoms with Gasteiger partial charge in [-0.25, -0.2) is 4.79 Å². The second-order valence-electron chi connectivity index (χ2n) is 7.79. The lowest BCUT2D eigenvalue weighted by Crippen LogP contribution is -2.31. The summed E-state index contributed by atoms with van der Waals surface area (Å²) < 4.78 is 22.0. The number of carbonyl (C=O) groups excluding carboxylic acids is 2. The third kappa shape index (κ3) is 4.78. The second-order valence-corrected chi connectivity index (χ2v) is 7.79. The molecule has 0 saturated carbocycles. The fraction of sp³-hybridized carbons (Fsp3) is 0.565. The molecule has 1 aromatic carbocycles. The molecule has 164 valence electrons. The predicted octanol–water partition coefficient (Wildman–Crippen LogP) is 3.25. The molecule has 7 heteroatoms. The molecule has 1 atom stereocenters. The fourth-order valence-electron chi connectivity index (χ4n) is 4.05. The van der Waals surface area contributed by atoms with Crippen molar-refractivity contribution in [3.8, 4) is 11.5 Å². The van der Waals surface area contributed by atoms with Crippen LogP contribution in [0.15, 0.2) is 11.6 Å². The summed E-state index contributed by atoms with van der Waals surface area (Å²) in [5, 5.41) is 2.95. The van der Waals surface area contributed by atoms with Gasteiger partial charge in [-0.2, -0.15) is 0 Å². The molecular formula is C23H31NO6. The maximum atomic E-state index is 12.2. The van der Waals surface area contributed by atoms with Crippen LogP contribution in [0.5, 0.6) is 11.5 Å². The molecule has 2 heterocycles. The van der Waals surface area contributed by atoms with Gasteiger partial charge in [0.15, 0.2) is 0 Å². The predicted molar refractivity (Wildman–Crippen MR) is 112 cm³/mol. The number of cyclic esters (lactones) is 1. The molecule has 0 bridgehead atoms. The largest absolute Gasteiger partial charge is 0.496 e. The van der Waals surface area contributed by atoms with Gasteiger partial charge in [0.25, 0.3) is 0 Å². The van der Waals surface area contributed by atoms with Crippen LogP contribution in [0.2, 0.25) is 0 Å². The number of allylic oxidation sites excluding steroid dienone is 2. The van der Waals surface area contributed by atoms with E-state index in [1.165, 1.54) is 0 Å². The average molecular weight is 418 g/mol. The van der Waals surface area contributed by atoms with Crippen LogP contribution in [0.25, 0.3) is 0 Å². The van der Waals surface area contributed by atoms with Gasteiger partial charge in [0.05, 0.1) is 20.3 Å². The van der Waals surface area contributed by atoms with Crippen LogP contribution >= 0.6 is 0 Å². The zero-order valence-electron chi connectivity index (χ0n) is 18.3. The molecule has 1 N–H and O–H groups in total. The number of amides is 1. The van der Waals surface area contributed by atoms with Crippen LogP contribution in [-0.4, -0.2) is 45.4 Å². The Morgan fingerprint density at radius 3 is 2.67 bits per heavy atom. The fourth-order valence-corrected chi connectivity index (χ4v) is 4.05. The van der Waals surface area contributed by atoms with Gasteiger partial charge in [0.1, 0.15) is 23.7 Å². The molecule has 1 saturated heterocycles. The molecule has 2 aliphatic heterocycles. The van der Waals surface area contributed by atoms with E-state index in [0.29, 0.717) is 42.9 Å². The van der Waals surface area contributed by atoms with Gasteiger partial charge in [0.2, 0.25) is 5.91 Å². The monoisotopic (exact) mass is 417 g/mol. The molecule has 0 radical (unpaired) electrons. The Kier molecular flexibility index (Phi) is 7.37. The zero-order valence-corrected chi connectivity index (χ0v) is 18.3. The lowest BCUT2D eigenvalue weighted by molar-refractivity contribution is -0.121. The highest BCUT2D eigenvalue weighted by molar-refractivity contribution is 5.98. The number of rotatable bonds is 9. The highest BCUT2D eigenvalue weighted by Gasteiger charge is 2.32. The molecule has 2 aliphatic rings. The van der Waals surface area contributed by atoms with E-state index in [-0.39, 0.29) is 24.6 Å². The van der Waals surface area contributed by atoms with E-state index in [9.17, 15) is 9.59 Å². The second kappa shape index (κ2) is 9.98. The quantitative estimate of drug-likeness (QED) is 0.491. The standard InChI is InChI=1S/C23H31NO6/c1-14(8-10-19(25)24-12-16-6-5-11-29-16)7-9-17-21(27-3)15(2)18-13-30-23(26)20(18)22(17)28-4/h7,16H,5-6,8-13H2,1-4H3,(H,24,25). The van der Waals surface area contributed by atoms with Crippen LogP contribution in [0, 0.1) is 6.92 Å². The summed E-state index contributed by atoms with van der Waals surface area (Å²) in [6, 6.07) is 0. The Morgan fingerprint density at radius 1 is 1.23 bits per heavy atom. The van der Waals surface area contributed by atoms with E-state index in [1.807, 2.05) is 13.8 Å². The minimum atomic E-state index is -0.363. The molecule has 0 aromatic heterocycles. The van der Waals surface area contributed by atoms with Crippen LogP contribution < -0.4 is 14.8 Å². The minimum Gasteiger partial charge on any atom is -0.496 e. The molecule has 1 fully saturated rings. The number of esters is 1. The molecule has 3 rings (SSSR count). The Bertz CT molecular complexity index is 839. The number of hydrogen-bond donors (Lipinski definition) is 1. The normalized spacial score (nSPS) is 18.2. The summed E-state index contributed by atoms with van der Waals surface area (Å²) in [5.41, 5.74) is 4.12. The van der Waals surface area contributed by atoms with E-state index in [4.69, 9.17) is 18.9 Å². The number of benzene rings is 1. The van der Waals surface area contributed by atoms with Crippen LogP contribution in [0.3, 0.4) is 0 Å².